The van der Waals surface area contributed by atoms with Gasteiger partial charge in [-0.05, 0) is 53.1 Å². The second-order valence-corrected chi connectivity index (χ2v) is 11.2. The van der Waals surface area contributed by atoms with Gasteiger partial charge >= 0.3 is 5.97 Å². The second-order valence-electron chi connectivity index (χ2n) is 11.2. The summed E-state index contributed by atoms with van der Waals surface area (Å²) in [4.78, 5) is 26.9. The van der Waals surface area contributed by atoms with Crippen LogP contribution in [0.2, 0.25) is 0 Å². The predicted octanol–water partition coefficient (Wildman–Crippen LogP) is 5.42. The molecule has 7 heteroatoms. The molecule has 0 spiro atoms. The number of ether oxygens (including phenoxy) is 3. The molecule has 2 aromatic rings. The molecule has 1 N–H and O–H groups in total. The number of carbonyl (C=O) groups is 2. The predicted molar refractivity (Wildman–Crippen MR) is 146 cm³/mol. The normalized spacial score (nSPS) is 14.9. The molecule has 37 heavy (non-hydrogen) atoms. The van der Waals surface area contributed by atoms with Crippen molar-refractivity contribution in [2.75, 3.05) is 44.8 Å². The minimum atomic E-state index is -0.419. The molecule has 0 unspecified atom stereocenters. The van der Waals surface area contributed by atoms with Gasteiger partial charge in [0.1, 0.15) is 12.4 Å². The first-order valence-corrected chi connectivity index (χ1v) is 12.8. The van der Waals surface area contributed by atoms with E-state index < -0.39 is 5.97 Å². The van der Waals surface area contributed by atoms with Crippen LogP contribution < -0.4 is 10.1 Å². The zero-order valence-electron chi connectivity index (χ0n) is 22.7. The van der Waals surface area contributed by atoms with E-state index in [0.717, 1.165) is 19.5 Å². The monoisotopic (exact) mass is 508 g/mol. The van der Waals surface area contributed by atoms with Crippen LogP contribution in [0.4, 0.5) is 5.69 Å². The lowest BCUT2D eigenvalue weighted by Gasteiger charge is -2.33. The second kappa shape index (κ2) is 12.9. The quantitative estimate of drug-likeness (QED) is 0.262. The van der Waals surface area contributed by atoms with Gasteiger partial charge in [0.2, 0.25) is 0 Å². The largest absolute Gasteiger partial charge is 0.465 e. The number of carbonyl (C=O) groups excluding carboxylic acids is 2. The first-order chi connectivity index (χ1) is 17.5. The number of amides is 1. The first-order valence-electron chi connectivity index (χ1n) is 12.8. The lowest BCUT2D eigenvalue weighted by Crippen LogP contribution is -2.38. The van der Waals surface area contributed by atoms with E-state index in [4.69, 9.17) is 14.2 Å². The number of esters is 1. The molecular weight excluding hydrogens is 468 g/mol. The fourth-order valence-electron chi connectivity index (χ4n) is 4.67. The van der Waals surface area contributed by atoms with Crippen LogP contribution in [-0.4, -0.2) is 56.2 Å². The van der Waals surface area contributed by atoms with Gasteiger partial charge in [-0.2, -0.15) is 0 Å². The Morgan fingerprint density at radius 3 is 2.41 bits per heavy atom. The Hall–Kier alpha value is -3.16. The number of benzene rings is 2. The Kier molecular flexibility index (Phi) is 9.89. The van der Waals surface area contributed by atoms with Crippen molar-refractivity contribution >= 4 is 17.6 Å². The third-order valence-corrected chi connectivity index (χ3v) is 6.14. The number of hydrogen-bond donors (Lipinski definition) is 1. The Morgan fingerprint density at radius 1 is 1.03 bits per heavy atom. The maximum Gasteiger partial charge on any atom is 0.338 e. The molecule has 1 amide bonds. The Morgan fingerprint density at radius 2 is 1.73 bits per heavy atom. The van der Waals surface area contributed by atoms with Gasteiger partial charge in [-0.15, -0.1) is 0 Å². The fraction of sp³-hybridized carbons (Fsp3) is 0.467. The molecule has 3 rings (SSSR count). The molecule has 1 aliphatic rings. The van der Waals surface area contributed by atoms with Crippen molar-refractivity contribution in [2.24, 2.45) is 5.41 Å². The Labute approximate surface area is 220 Å². The molecule has 1 aliphatic heterocycles. The summed E-state index contributed by atoms with van der Waals surface area (Å²) in [5.74, 6) is -0.126. The topological polar surface area (TPSA) is 77.1 Å². The summed E-state index contributed by atoms with van der Waals surface area (Å²) >= 11 is 0. The minimum absolute atomic E-state index is 0.0518. The zero-order valence-corrected chi connectivity index (χ0v) is 22.7. The molecule has 2 aromatic carbocycles. The lowest BCUT2D eigenvalue weighted by atomic mass is 9.72. The van der Waals surface area contributed by atoms with Crippen LogP contribution in [0.3, 0.4) is 0 Å². The van der Waals surface area contributed by atoms with E-state index in [0.29, 0.717) is 43.4 Å². The van der Waals surface area contributed by atoms with Crippen molar-refractivity contribution < 1.29 is 23.8 Å². The van der Waals surface area contributed by atoms with Gasteiger partial charge in [0.05, 0.1) is 25.0 Å². The van der Waals surface area contributed by atoms with Crippen molar-refractivity contribution in [2.45, 2.75) is 46.5 Å². The molecule has 7 nitrogen and oxygen atoms in total. The Balaban J connectivity index is 1.46. The summed E-state index contributed by atoms with van der Waals surface area (Å²) in [5.41, 5.74) is 2.42. The fourth-order valence-corrected chi connectivity index (χ4v) is 4.67. The van der Waals surface area contributed by atoms with Crippen LogP contribution >= 0.6 is 0 Å². The van der Waals surface area contributed by atoms with Gasteiger partial charge in [-0.1, -0.05) is 52.8 Å². The highest BCUT2D eigenvalue weighted by Gasteiger charge is 2.27. The van der Waals surface area contributed by atoms with Gasteiger partial charge in [-0.3, -0.25) is 9.69 Å². The summed E-state index contributed by atoms with van der Waals surface area (Å²) in [6.07, 6.45) is 3.73. The molecule has 1 heterocycles. The minimum Gasteiger partial charge on any atom is -0.465 e. The molecule has 1 saturated heterocycles. The van der Waals surface area contributed by atoms with Crippen LogP contribution in [0.1, 0.15) is 57.0 Å². The lowest BCUT2D eigenvalue weighted by molar-refractivity contribution is -0.112. The maximum absolute atomic E-state index is 12.4. The van der Waals surface area contributed by atoms with Gasteiger partial charge in [-0.25, -0.2) is 4.79 Å². The van der Waals surface area contributed by atoms with Crippen molar-refractivity contribution in [1.29, 1.82) is 0 Å². The molecule has 0 aromatic heterocycles. The summed E-state index contributed by atoms with van der Waals surface area (Å²) in [6, 6.07) is 14.7. The summed E-state index contributed by atoms with van der Waals surface area (Å²) < 4.78 is 16.3. The molecular formula is C30H40N2O5. The number of rotatable bonds is 10. The molecule has 1 fully saturated rings. The van der Waals surface area contributed by atoms with E-state index in [1.54, 1.807) is 24.3 Å². The molecule has 0 atom stereocenters. The summed E-state index contributed by atoms with van der Waals surface area (Å²) in [5, 5.41) is 2.75. The van der Waals surface area contributed by atoms with E-state index in [1.807, 2.05) is 12.1 Å². The third-order valence-electron chi connectivity index (χ3n) is 6.14. The number of nitrogens with zero attached hydrogens (tertiary/aromatic N) is 1. The van der Waals surface area contributed by atoms with E-state index in [2.05, 4.69) is 57.0 Å². The first kappa shape index (κ1) is 28.4. The average Bonchev–Trinajstić information content (AvgIpc) is 2.84. The smallest absolute Gasteiger partial charge is 0.338 e. The van der Waals surface area contributed by atoms with E-state index in [-0.39, 0.29) is 16.7 Å². The van der Waals surface area contributed by atoms with Crippen molar-refractivity contribution in [3.8, 4) is 5.75 Å². The SMILES string of the molecule is CC(C)(C)CC(C)(C)c1ccc(O/C=C/C(=O)Nc2cccc(C(=O)OCCN3CCOCC3)c2)cc1. The number of anilines is 1. The molecule has 200 valence electrons. The molecule has 0 saturated carbocycles. The van der Waals surface area contributed by atoms with Crippen molar-refractivity contribution in [3.63, 3.8) is 0 Å². The van der Waals surface area contributed by atoms with Gasteiger partial charge in [0.25, 0.3) is 5.91 Å². The molecule has 0 bridgehead atoms. The highest BCUT2D eigenvalue weighted by molar-refractivity contribution is 6.00. The standard InChI is InChI=1S/C30H40N2O5/c1-29(2,3)22-30(4,5)24-9-11-26(12-10-24)36-17-13-27(33)31-25-8-6-7-23(21-25)28(34)37-20-16-32-14-18-35-19-15-32/h6-13,17,21H,14-16,18-20,22H2,1-5H3,(H,31,33)/b17-13+. The highest BCUT2D eigenvalue weighted by Crippen LogP contribution is 2.36. The third kappa shape index (κ3) is 9.67. The Bertz CT molecular complexity index is 1060. The van der Waals surface area contributed by atoms with Gasteiger partial charge in [0, 0.05) is 31.4 Å². The van der Waals surface area contributed by atoms with Crippen LogP contribution in [0.5, 0.6) is 5.75 Å². The van der Waals surface area contributed by atoms with E-state index in [9.17, 15) is 9.59 Å². The summed E-state index contributed by atoms with van der Waals surface area (Å²) in [7, 11) is 0. The van der Waals surface area contributed by atoms with E-state index >= 15 is 0 Å². The van der Waals surface area contributed by atoms with E-state index in [1.165, 1.54) is 17.9 Å². The van der Waals surface area contributed by atoms with Crippen LogP contribution in [-0.2, 0) is 19.7 Å². The van der Waals surface area contributed by atoms with Crippen LogP contribution in [0, 0.1) is 5.41 Å². The number of morpholine rings is 1. The summed E-state index contributed by atoms with van der Waals surface area (Å²) in [6.45, 7) is 15.3. The molecule has 0 aliphatic carbocycles. The maximum atomic E-state index is 12.4. The van der Waals surface area contributed by atoms with Gasteiger partial charge < -0.3 is 19.5 Å². The van der Waals surface area contributed by atoms with Gasteiger partial charge in [0.15, 0.2) is 0 Å². The van der Waals surface area contributed by atoms with Crippen molar-refractivity contribution in [1.82, 2.24) is 4.90 Å². The van der Waals surface area contributed by atoms with Crippen LogP contribution in [0.15, 0.2) is 60.9 Å². The van der Waals surface area contributed by atoms with Crippen molar-refractivity contribution in [3.05, 3.63) is 72.0 Å². The zero-order chi connectivity index (χ0) is 26.9. The molecule has 0 radical (unpaired) electrons. The average molecular weight is 509 g/mol. The van der Waals surface area contributed by atoms with Crippen LogP contribution in [0.25, 0.3) is 0 Å². The number of hydrogen-bond acceptors (Lipinski definition) is 6. The number of nitrogens with one attached hydrogen (secondary N) is 1. The highest BCUT2D eigenvalue weighted by atomic mass is 16.5.